The minimum Gasteiger partial charge on any atom is -0.343 e. The summed E-state index contributed by atoms with van der Waals surface area (Å²) < 4.78 is 1.95. The lowest BCUT2D eigenvalue weighted by Gasteiger charge is -2.18. The number of allylic oxidation sites excluding steroid dienone is 1. The van der Waals surface area contributed by atoms with E-state index in [-0.39, 0.29) is 5.91 Å². The summed E-state index contributed by atoms with van der Waals surface area (Å²) in [5.41, 5.74) is 0. The van der Waals surface area contributed by atoms with Crippen LogP contribution in [0.5, 0.6) is 0 Å². The molecular formula is C12H20N4OS. The Morgan fingerprint density at radius 2 is 2.11 bits per heavy atom. The highest BCUT2D eigenvalue weighted by atomic mass is 32.2. The van der Waals surface area contributed by atoms with Gasteiger partial charge in [-0.15, -0.1) is 16.8 Å². The van der Waals surface area contributed by atoms with Crippen LogP contribution in [-0.2, 0) is 11.3 Å². The van der Waals surface area contributed by atoms with Crippen LogP contribution in [0.1, 0.15) is 19.7 Å². The number of carbonyl (C=O) groups is 1. The van der Waals surface area contributed by atoms with Gasteiger partial charge in [-0.05, 0) is 20.8 Å². The number of hydrogen-bond donors (Lipinski definition) is 0. The Morgan fingerprint density at radius 1 is 1.44 bits per heavy atom. The van der Waals surface area contributed by atoms with Gasteiger partial charge in [0.15, 0.2) is 5.16 Å². The van der Waals surface area contributed by atoms with E-state index in [2.05, 4.69) is 16.8 Å². The lowest BCUT2D eigenvalue weighted by atomic mass is 10.5. The van der Waals surface area contributed by atoms with E-state index in [0.29, 0.717) is 12.3 Å². The summed E-state index contributed by atoms with van der Waals surface area (Å²) in [5, 5.41) is 8.86. The van der Waals surface area contributed by atoms with Crippen molar-refractivity contribution in [2.75, 3.05) is 18.8 Å². The summed E-state index contributed by atoms with van der Waals surface area (Å²) in [6, 6.07) is 0. The Bertz CT molecular complexity index is 412. The minimum absolute atomic E-state index is 0.135. The summed E-state index contributed by atoms with van der Waals surface area (Å²) in [5.74, 6) is 1.38. The first-order valence-corrected chi connectivity index (χ1v) is 7.03. The number of nitrogens with zero attached hydrogens (tertiary/aromatic N) is 4. The van der Waals surface area contributed by atoms with Gasteiger partial charge < -0.3 is 9.47 Å². The van der Waals surface area contributed by atoms with Crippen molar-refractivity contribution in [1.82, 2.24) is 19.7 Å². The minimum atomic E-state index is 0.135. The molecule has 0 aliphatic heterocycles. The molecule has 1 rings (SSSR count). The van der Waals surface area contributed by atoms with Gasteiger partial charge >= 0.3 is 0 Å². The lowest BCUT2D eigenvalue weighted by Crippen LogP contribution is -2.31. The van der Waals surface area contributed by atoms with Crippen molar-refractivity contribution in [3.05, 3.63) is 18.5 Å². The normalized spacial score (nSPS) is 10.4. The highest BCUT2D eigenvalue weighted by Crippen LogP contribution is 2.17. The highest BCUT2D eigenvalue weighted by molar-refractivity contribution is 7.99. The van der Waals surface area contributed by atoms with E-state index in [9.17, 15) is 4.79 Å². The highest BCUT2D eigenvalue weighted by Gasteiger charge is 2.13. The van der Waals surface area contributed by atoms with Crippen LogP contribution in [-0.4, -0.2) is 44.4 Å². The Labute approximate surface area is 112 Å². The molecule has 5 nitrogen and oxygen atoms in total. The van der Waals surface area contributed by atoms with Gasteiger partial charge in [-0.2, -0.15) is 0 Å². The predicted octanol–water partition coefficient (Wildman–Crippen LogP) is 1.73. The molecule has 0 saturated heterocycles. The molecule has 0 radical (unpaired) electrons. The van der Waals surface area contributed by atoms with E-state index in [1.54, 1.807) is 6.08 Å². The van der Waals surface area contributed by atoms with Crippen molar-refractivity contribution >= 4 is 17.7 Å². The van der Waals surface area contributed by atoms with E-state index in [1.165, 1.54) is 11.8 Å². The third kappa shape index (κ3) is 3.60. The predicted molar refractivity (Wildman–Crippen MR) is 73.6 cm³/mol. The zero-order valence-electron chi connectivity index (χ0n) is 11.2. The van der Waals surface area contributed by atoms with Crippen molar-refractivity contribution in [1.29, 1.82) is 0 Å². The van der Waals surface area contributed by atoms with Crippen LogP contribution in [0, 0.1) is 6.92 Å². The van der Waals surface area contributed by atoms with Crippen LogP contribution in [0.2, 0.25) is 0 Å². The Morgan fingerprint density at radius 3 is 2.67 bits per heavy atom. The van der Waals surface area contributed by atoms with E-state index >= 15 is 0 Å². The van der Waals surface area contributed by atoms with Crippen molar-refractivity contribution in [3.63, 3.8) is 0 Å². The summed E-state index contributed by atoms with van der Waals surface area (Å²) in [6.45, 7) is 11.7. The van der Waals surface area contributed by atoms with Crippen LogP contribution < -0.4 is 0 Å². The Balaban J connectivity index is 2.63. The van der Waals surface area contributed by atoms with E-state index < -0.39 is 0 Å². The summed E-state index contributed by atoms with van der Waals surface area (Å²) in [7, 11) is 0. The fourth-order valence-corrected chi connectivity index (χ4v) is 2.50. The van der Waals surface area contributed by atoms with Gasteiger partial charge in [-0.1, -0.05) is 17.8 Å². The smallest absolute Gasteiger partial charge is 0.233 e. The molecule has 0 spiro atoms. The molecule has 0 bridgehead atoms. The maximum absolute atomic E-state index is 11.9. The number of hydrogen-bond acceptors (Lipinski definition) is 4. The van der Waals surface area contributed by atoms with E-state index in [4.69, 9.17) is 0 Å². The number of carbonyl (C=O) groups excluding carboxylic acids is 1. The van der Waals surface area contributed by atoms with E-state index in [0.717, 1.165) is 24.1 Å². The average Bonchev–Trinajstić information content (AvgIpc) is 2.70. The first kappa shape index (κ1) is 14.8. The fourth-order valence-electron chi connectivity index (χ4n) is 1.60. The van der Waals surface area contributed by atoms with Crippen molar-refractivity contribution < 1.29 is 4.79 Å². The number of aromatic nitrogens is 3. The molecule has 1 aromatic heterocycles. The number of rotatable bonds is 7. The van der Waals surface area contributed by atoms with Crippen molar-refractivity contribution in [2.45, 2.75) is 32.5 Å². The molecule has 1 heterocycles. The molecule has 0 aliphatic carbocycles. The molecule has 100 valence electrons. The molecule has 0 N–H and O–H groups in total. The average molecular weight is 268 g/mol. The standard InChI is InChI=1S/C12H20N4OS/c1-5-8-16-10(4)13-14-12(16)18-9-11(17)15(6-2)7-3/h5H,1,6-9H2,2-4H3. The number of aryl methyl sites for hydroxylation is 1. The molecule has 18 heavy (non-hydrogen) atoms. The summed E-state index contributed by atoms with van der Waals surface area (Å²) in [6.07, 6.45) is 1.80. The Hall–Kier alpha value is -1.30. The van der Waals surface area contributed by atoms with Gasteiger partial charge in [0.1, 0.15) is 5.82 Å². The van der Waals surface area contributed by atoms with Crippen molar-refractivity contribution in [3.8, 4) is 0 Å². The fraction of sp³-hybridized carbons (Fsp3) is 0.583. The summed E-state index contributed by atoms with van der Waals surface area (Å²) in [4.78, 5) is 13.7. The van der Waals surface area contributed by atoms with Crippen LogP contribution in [0.3, 0.4) is 0 Å². The topological polar surface area (TPSA) is 51.0 Å². The van der Waals surface area contributed by atoms with Crippen molar-refractivity contribution in [2.24, 2.45) is 0 Å². The molecule has 1 amide bonds. The molecule has 0 fully saturated rings. The van der Waals surface area contributed by atoms with Gasteiger partial charge in [0, 0.05) is 19.6 Å². The van der Waals surface area contributed by atoms with Crippen LogP contribution in [0.25, 0.3) is 0 Å². The van der Waals surface area contributed by atoms with Gasteiger partial charge in [-0.25, -0.2) is 0 Å². The van der Waals surface area contributed by atoms with Crippen LogP contribution in [0.4, 0.5) is 0 Å². The van der Waals surface area contributed by atoms with Gasteiger partial charge in [-0.3, -0.25) is 4.79 Å². The first-order valence-electron chi connectivity index (χ1n) is 6.05. The monoisotopic (exact) mass is 268 g/mol. The van der Waals surface area contributed by atoms with Gasteiger partial charge in [0.05, 0.1) is 5.75 Å². The van der Waals surface area contributed by atoms with Crippen LogP contribution >= 0.6 is 11.8 Å². The third-order valence-electron chi connectivity index (χ3n) is 2.65. The largest absolute Gasteiger partial charge is 0.343 e. The Kier molecular flexibility index (Phi) is 5.91. The number of thioether (sulfide) groups is 1. The third-order valence-corrected chi connectivity index (χ3v) is 3.61. The molecule has 0 atom stereocenters. The van der Waals surface area contributed by atoms with E-state index in [1.807, 2.05) is 30.2 Å². The molecule has 0 saturated carbocycles. The number of amides is 1. The zero-order valence-corrected chi connectivity index (χ0v) is 12.0. The zero-order chi connectivity index (χ0) is 13.5. The maximum atomic E-state index is 11.9. The molecule has 6 heteroatoms. The molecule has 0 unspecified atom stereocenters. The molecule has 0 aromatic carbocycles. The quantitative estimate of drug-likeness (QED) is 0.558. The van der Waals surface area contributed by atoms with Gasteiger partial charge in [0.25, 0.3) is 0 Å². The molecule has 1 aromatic rings. The second-order valence-electron chi connectivity index (χ2n) is 3.78. The lowest BCUT2D eigenvalue weighted by molar-refractivity contribution is -0.127. The second kappa shape index (κ2) is 7.20. The van der Waals surface area contributed by atoms with Gasteiger partial charge in [0.2, 0.25) is 5.91 Å². The molecular weight excluding hydrogens is 248 g/mol. The van der Waals surface area contributed by atoms with Crippen LogP contribution in [0.15, 0.2) is 17.8 Å². The SMILES string of the molecule is C=CCn1c(C)nnc1SCC(=O)N(CC)CC. The second-order valence-corrected chi connectivity index (χ2v) is 4.73. The first-order chi connectivity index (χ1) is 8.63. The summed E-state index contributed by atoms with van der Waals surface area (Å²) >= 11 is 1.43. The molecule has 0 aliphatic rings. The maximum Gasteiger partial charge on any atom is 0.233 e.